The maximum atomic E-state index is 6.10. The topological polar surface area (TPSA) is 53.6 Å². The minimum atomic E-state index is 0.442. The molecule has 1 aromatic rings. The number of fused-ring (bicyclic) bond motifs is 1. The number of nitrogens with two attached hydrogens (primary N) is 1. The molecule has 0 bridgehead atoms. The molecule has 3 rings (SSSR count). The summed E-state index contributed by atoms with van der Waals surface area (Å²) in [7, 11) is 2.19. The highest BCUT2D eigenvalue weighted by atomic mass is 15.2. The second kappa shape index (κ2) is 6.69. The zero-order valence-corrected chi connectivity index (χ0v) is 13.8. The van der Waals surface area contributed by atoms with Crippen LogP contribution in [0.15, 0.2) is 23.2 Å². The van der Waals surface area contributed by atoms with E-state index >= 15 is 0 Å². The Morgan fingerprint density at radius 3 is 2.91 bits per heavy atom. The van der Waals surface area contributed by atoms with Crippen LogP contribution < -0.4 is 11.1 Å². The first-order valence-corrected chi connectivity index (χ1v) is 8.55. The van der Waals surface area contributed by atoms with E-state index in [9.17, 15) is 0 Å². The van der Waals surface area contributed by atoms with Crippen LogP contribution in [-0.2, 0) is 12.8 Å². The van der Waals surface area contributed by atoms with Crippen molar-refractivity contribution < 1.29 is 0 Å². The molecule has 0 aliphatic heterocycles. The summed E-state index contributed by atoms with van der Waals surface area (Å²) < 4.78 is 0. The van der Waals surface area contributed by atoms with Crippen molar-refractivity contribution in [2.24, 2.45) is 10.7 Å². The second-order valence-corrected chi connectivity index (χ2v) is 6.75. The lowest BCUT2D eigenvalue weighted by Gasteiger charge is -2.23. The maximum absolute atomic E-state index is 6.10. The zero-order valence-electron chi connectivity index (χ0n) is 13.8. The lowest BCUT2D eigenvalue weighted by atomic mass is 9.90. The summed E-state index contributed by atoms with van der Waals surface area (Å²) in [6.07, 6.45) is 7.55. The fraction of sp³-hybridized carbons (Fsp3) is 0.611. The highest BCUT2D eigenvalue weighted by molar-refractivity contribution is 5.93. The molecule has 0 amide bonds. The third kappa shape index (κ3) is 3.61. The van der Waals surface area contributed by atoms with Gasteiger partial charge in [-0.3, -0.25) is 9.89 Å². The van der Waals surface area contributed by atoms with Gasteiger partial charge in [-0.2, -0.15) is 0 Å². The third-order valence-corrected chi connectivity index (χ3v) is 5.00. The highest BCUT2D eigenvalue weighted by Gasteiger charge is 2.28. The molecule has 3 N–H and O–H groups in total. The van der Waals surface area contributed by atoms with E-state index in [4.69, 9.17) is 5.73 Å². The molecule has 120 valence electrons. The van der Waals surface area contributed by atoms with Crippen LogP contribution in [0.2, 0.25) is 0 Å². The number of guanidine groups is 1. The van der Waals surface area contributed by atoms with E-state index < -0.39 is 0 Å². The van der Waals surface area contributed by atoms with Crippen molar-refractivity contribution in [3.8, 4) is 0 Å². The number of nitrogens with one attached hydrogen (secondary N) is 1. The number of hydrogen-bond donors (Lipinski definition) is 2. The largest absolute Gasteiger partial charge is 0.370 e. The standard InChI is InChI=1S/C18H28N4/c1-13(22(2)15-10-11-15)12-20-18(19)21-17-9-5-7-14-6-3-4-8-16(14)17/h5,7,9,13,15H,3-4,6,8,10-12H2,1-2H3,(H3,19,20,21). The number of hydrogen-bond acceptors (Lipinski definition) is 2. The molecule has 2 aliphatic rings. The molecular formula is C18H28N4. The van der Waals surface area contributed by atoms with E-state index in [-0.39, 0.29) is 0 Å². The van der Waals surface area contributed by atoms with Crippen LogP contribution in [0.25, 0.3) is 0 Å². The Balaban J connectivity index is 1.61. The van der Waals surface area contributed by atoms with Gasteiger partial charge in [-0.25, -0.2) is 0 Å². The van der Waals surface area contributed by atoms with Gasteiger partial charge in [-0.15, -0.1) is 0 Å². The molecular weight excluding hydrogens is 272 g/mol. The average molecular weight is 300 g/mol. The van der Waals surface area contributed by atoms with Gasteiger partial charge in [0.05, 0.1) is 6.54 Å². The Kier molecular flexibility index (Phi) is 4.67. The molecule has 1 aromatic carbocycles. The molecule has 0 heterocycles. The van der Waals surface area contributed by atoms with Crippen molar-refractivity contribution in [1.82, 2.24) is 4.90 Å². The lowest BCUT2D eigenvalue weighted by molar-refractivity contribution is 0.253. The summed E-state index contributed by atoms with van der Waals surface area (Å²) in [5.41, 5.74) is 10.1. The number of aliphatic imine (C=N–C) groups is 1. The highest BCUT2D eigenvalue weighted by Crippen LogP contribution is 2.28. The zero-order chi connectivity index (χ0) is 15.5. The SMILES string of the molecule is CC(CN=C(N)Nc1cccc2c1CCCC2)N(C)C1CC1. The van der Waals surface area contributed by atoms with E-state index in [2.05, 4.69) is 47.4 Å². The minimum absolute atomic E-state index is 0.442. The van der Waals surface area contributed by atoms with E-state index in [1.807, 2.05) is 0 Å². The van der Waals surface area contributed by atoms with Gasteiger partial charge < -0.3 is 11.1 Å². The van der Waals surface area contributed by atoms with Crippen LogP contribution >= 0.6 is 0 Å². The van der Waals surface area contributed by atoms with Crippen LogP contribution in [-0.4, -0.2) is 36.5 Å². The molecule has 0 saturated heterocycles. The molecule has 4 nitrogen and oxygen atoms in total. The van der Waals surface area contributed by atoms with E-state index in [1.54, 1.807) is 0 Å². The second-order valence-electron chi connectivity index (χ2n) is 6.75. The van der Waals surface area contributed by atoms with E-state index in [0.717, 1.165) is 24.7 Å². The summed E-state index contributed by atoms with van der Waals surface area (Å²) in [4.78, 5) is 6.96. The van der Waals surface area contributed by atoms with Gasteiger partial charge in [0.25, 0.3) is 0 Å². The maximum Gasteiger partial charge on any atom is 0.193 e. The van der Waals surface area contributed by atoms with Gasteiger partial charge in [0, 0.05) is 17.8 Å². The number of benzene rings is 1. The smallest absolute Gasteiger partial charge is 0.193 e. The Bertz CT molecular complexity index is 548. The number of anilines is 1. The number of nitrogens with zero attached hydrogens (tertiary/aromatic N) is 2. The summed E-state index contributed by atoms with van der Waals surface area (Å²) in [5.74, 6) is 0.537. The van der Waals surface area contributed by atoms with Gasteiger partial charge >= 0.3 is 0 Å². The Labute approximate surface area is 133 Å². The average Bonchev–Trinajstić information content (AvgIpc) is 3.37. The molecule has 0 aromatic heterocycles. The summed E-state index contributed by atoms with van der Waals surface area (Å²) >= 11 is 0. The molecule has 1 unspecified atom stereocenters. The van der Waals surface area contributed by atoms with Crippen LogP contribution in [0.1, 0.15) is 43.7 Å². The number of aryl methyl sites for hydroxylation is 1. The minimum Gasteiger partial charge on any atom is -0.370 e. The lowest BCUT2D eigenvalue weighted by Crippen LogP contribution is -2.34. The normalized spacial score (nSPS) is 19.9. The first kappa shape index (κ1) is 15.3. The summed E-state index contributed by atoms with van der Waals surface area (Å²) in [6.45, 7) is 2.97. The monoisotopic (exact) mass is 300 g/mol. The molecule has 22 heavy (non-hydrogen) atoms. The van der Waals surface area contributed by atoms with Gasteiger partial charge in [0.1, 0.15) is 0 Å². The molecule has 0 radical (unpaired) electrons. The predicted octanol–water partition coefficient (Wildman–Crippen LogP) is 2.77. The Morgan fingerprint density at radius 2 is 2.14 bits per heavy atom. The van der Waals surface area contributed by atoms with Crippen molar-refractivity contribution in [1.29, 1.82) is 0 Å². The van der Waals surface area contributed by atoms with Crippen LogP contribution in [0, 0.1) is 0 Å². The van der Waals surface area contributed by atoms with Gasteiger partial charge in [-0.1, -0.05) is 12.1 Å². The quantitative estimate of drug-likeness (QED) is 0.649. The Morgan fingerprint density at radius 1 is 1.36 bits per heavy atom. The van der Waals surface area contributed by atoms with Crippen molar-refractivity contribution in [3.05, 3.63) is 29.3 Å². The number of likely N-dealkylation sites (N-methyl/N-ethyl adjacent to an activating group) is 1. The molecule has 1 saturated carbocycles. The summed E-state index contributed by atoms with van der Waals surface area (Å²) in [6, 6.07) is 7.67. The van der Waals surface area contributed by atoms with Crippen molar-refractivity contribution >= 4 is 11.6 Å². The number of rotatable bonds is 5. The molecule has 2 aliphatic carbocycles. The molecule has 1 fully saturated rings. The fourth-order valence-corrected chi connectivity index (χ4v) is 3.28. The van der Waals surface area contributed by atoms with Crippen LogP contribution in [0.4, 0.5) is 5.69 Å². The van der Waals surface area contributed by atoms with Crippen molar-refractivity contribution in [3.63, 3.8) is 0 Å². The first-order valence-electron chi connectivity index (χ1n) is 8.55. The van der Waals surface area contributed by atoms with Gasteiger partial charge in [0.15, 0.2) is 5.96 Å². The summed E-state index contributed by atoms with van der Waals surface area (Å²) in [5, 5.41) is 3.32. The van der Waals surface area contributed by atoms with Gasteiger partial charge in [0.2, 0.25) is 0 Å². The van der Waals surface area contributed by atoms with E-state index in [1.165, 1.54) is 43.2 Å². The van der Waals surface area contributed by atoms with Crippen molar-refractivity contribution in [2.75, 3.05) is 18.9 Å². The van der Waals surface area contributed by atoms with E-state index in [0.29, 0.717) is 12.0 Å². The molecule has 0 spiro atoms. The predicted molar refractivity (Wildman–Crippen MR) is 93.4 cm³/mol. The van der Waals surface area contributed by atoms with Gasteiger partial charge in [-0.05, 0) is 69.7 Å². The fourth-order valence-electron chi connectivity index (χ4n) is 3.28. The van der Waals surface area contributed by atoms with Crippen molar-refractivity contribution in [2.45, 2.75) is 57.5 Å². The van der Waals surface area contributed by atoms with Crippen LogP contribution in [0.3, 0.4) is 0 Å². The Hall–Kier alpha value is -1.55. The molecule has 1 atom stereocenters. The van der Waals surface area contributed by atoms with Crippen LogP contribution in [0.5, 0.6) is 0 Å². The third-order valence-electron chi connectivity index (χ3n) is 5.00. The first-order chi connectivity index (χ1) is 10.6. The molecule has 4 heteroatoms.